The van der Waals surface area contributed by atoms with Crippen molar-refractivity contribution in [3.63, 3.8) is 0 Å². The molecule has 4 nitrogen and oxygen atoms in total. The summed E-state index contributed by atoms with van der Waals surface area (Å²) in [6.45, 7) is 11.6. The van der Waals surface area contributed by atoms with Gasteiger partial charge in [-0.05, 0) is 34.6 Å². The Morgan fingerprint density at radius 2 is 1.94 bits per heavy atom. The molecule has 5 heteroatoms. The molecule has 1 aromatic rings. The number of carbonyl (C=O) groups is 1. The first kappa shape index (κ1) is 15.1. The Bertz CT molecular complexity index is 418. The second kappa shape index (κ2) is 5.36. The topological polar surface area (TPSA) is 68.0 Å². The molecule has 0 spiro atoms. The predicted molar refractivity (Wildman–Crippen MR) is 75.6 cm³/mol. The van der Waals surface area contributed by atoms with E-state index in [2.05, 4.69) is 10.3 Å². The normalized spacial score (nSPS) is 15.3. The second-order valence-electron chi connectivity index (χ2n) is 5.42. The van der Waals surface area contributed by atoms with Gasteiger partial charge in [-0.1, -0.05) is 6.92 Å². The van der Waals surface area contributed by atoms with Crippen molar-refractivity contribution in [3.05, 3.63) is 15.6 Å². The Morgan fingerprint density at radius 1 is 1.39 bits per heavy atom. The van der Waals surface area contributed by atoms with Crippen LogP contribution >= 0.6 is 11.3 Å². The van der Waals surface area contributed by atoms with Gasteiger partial charge in [-0.25, -0.2) is 4.98 Å². The Morgan fingerprint density at radius 3 is 2.33 bits per heavy atom. The van der Waals surface area contributed by atoms with E-state index in [1.54, 1.807) is 11.3 Å². The van der Waals surface area contributed by atoms with Crippen LogP contribution in [0.1, 0.15) is 43.3 Å². The van der Waals surface area contributed by atoms with Gasteiger partial charge in [0.15, 0.2) is 0 Å². The summed E-state index contributed by atoms with van der Waals surface area (Å²) in [5.41, 5.74) is 6.32. The van der Waals surface area contributed by atoms with Gasteiger partial charge in [-0.3, -0.25) is 4.79 Å². The fraction of sp³-hybridized carbons (Fsp3) is 0.692. The van der Waals surface area contributed by atoms with Gasteiger partial charge in [-0.2, -0.15) is 0 Å². The molecular formula is C13H23N3OS. The van der Waals surface area contributed by atoms with E-state index >= 15 is 0 Å². The molecule has 0 saturated heterocycles. The molecule has 0 aromatic carbocycles. The molecule has 0 aliphatic rings. The Balaban J connectivity index is 2.85. The third-order valence-corrected chi connectivity index (χ3v) is 4.60. The molecule has 2 unspecified atom stereocenters. The minimum atomic E-state index is -0.454. The maximum Gasteiger partial charge on any atom is 0.225 e. The minimum Gasteiger partial charge on any atom is -0.344 e. The number of aryl methyl sites for hydroxylation is 2. The summed E-state index contributed by atoms with van der Waals surface area (Å²) >= 11 is 1.63. The molecule has 0 radical (unpaired) electrons. The van der Waals surface area contributed by atoms with Crippen LogP contribution in [0.3, 0.4) is 0 Å². The van der Waals surface area contributed by atoms with Gasteiger partial charge in [0.05, 0.1) is 11.2 Å². The van der Waals surface area contributed by atoms with Gasteiger partial charge < -0.3 is 11.1 Å². The Kier molecular flexibility index (Phi) is 4.50. The molecule has 0 aliphatic carbocycles. The summed E-state index contributed by atoms with van der Waals surface area (Å²) < 4.78 is 0. The van der Waals surface area contributed by atoms with Gasteiger partial charge in [0.2, 0.25) is 5.91 Å². The SMILES string of the molecule is Cc1nc(C(C)(C)NC(=O)C(C)C(C)N)sc1C. The van der Waals surface area contributed by atoms with Crippen molar-refractivity contribution in [1.29, 1.82) is 0 Å². The monoisotopic (exact) mass is 269 g/mol. The van der Waals surface area contributed by atoms with Gasteiger partial charge in [-0.15, -0.1) is 11.3 Å². The van der Waals surface area contributed by atoms with E-state index < -0.39 is 5.54 Å². The van der Waals surface area contributed by atoms with Crippen LogP contribution in [0.2, 0.25) is 0 Å². The molecule has 18 heavy (non-hydrogen) atoms. The van der Waals surface area contributed by atoms with E-state index in [0.29, 0.717) is 0 Å². The second-order valence-corrected chi connectivity index (χ2v) is 6.63. The molecule has 1 amide bonds. The number of carbonyl (C=O) groups excluding carboxylic acids is 1. The van der Waals surface area contributed by atoms with Crippen LogP contribution in [0.25, 0.3) is 0 Å². The molecule has 0 aliphatic heterocycles. The quantitative estimate of drug-likeness (QED) is 0.879. The van der Waals surface area contributed by atoms with Crippen molar-refractivity contribution in [2.24, 2.45) is 11.7 Å². The van der Waals surface area contributed by atoms with Crippen molar-refractivity contribution < 1.29 is 4.79 Å². The number of rotatable bonds is 4. The summed E-state index contributed by atoms with van der Waals surface area (Å²) in [6, 6.07) is -0.152. The van der Waals surface area contributed by atoms with Crippen molar-refractivity contribution in [2.75, 3.05) is 0 Å². The standard InChI is InChI=1S/C13H23N3OS/c1-7(8(2)14)11(17)16-13(5,6)12-15-9(3)10(4)18-12/h7-8H,14H2,1-6H3,(H,16,17). The molecule has 1 aromatic heterocycles. The highest BCUT2D eigenvalue weighted by atomic mass is 32.1. The van der Waals surface area contributed by atoms with Crippen LogP contribution < -0.4 is 11.1 Å². The summed E-state index contributed by atoms with van der Waals surface area (Å²) in [7, 11) is 0. The summed E-state index contributed by atoms with van der Waals surface area (Å²) in [5.74, 6) is -0.230. The van der Waals surface area contributed by atoms with E-state index in [1.807, 2.05) is 41.5 Å². The van der Waals surface area contributed by atoms with Gasteiger partial charge in [0, 0.05) is 16.8 Å². The minimum absolute atomic E-state index is 0.0273. The lowest BCUT2D eigenvalue weighted by Gasteiger charge is -2.27. The van der Waals surface area contributed by atoms with E-state index in [4.69, 9.17) is 5.73 Å². The molecule has 102 valence electrons. The first-order valence-corrected chi connectivity index (χ1v) is 6.99. The van der Waals surface area contributed by atoms with Crippen LogP contribution in [0.4, 0.5) is 0 Å². The maximum atomic E-state index is 12.1. The van der Waals surface area contributed by atoms with Crippen LogP contribution in [0.15, 0.2) is 0 Å². The average molecular weight is 269 g/mol. The van der Waals surface area contributed by atoms with E-state index in [0.717, 1.165) is 10.7 Å². The third-order valence-electron chi connectivity index (χ3n) is 3.20. The number of nitrogens with two attached hydrogens (primary N) is 1. The van der Waals surface area contributed by atoms with Gasteiger partial charge in [0.25, 0.3) is 0 Å². The van der Waals surface area contributed by atoms with Crippen molar-refractivity contribution in [3.8, 4) is 0 Å². The fourth-order valence-corrected chi connectivity index (χ4v) is 2.43. The highest BCUT2D eigenvalue weighted by Gasteiger charge is 2.29. The largest absolute Gasteiger partial charge is 0.344 e. The number of amides is 1. The zero-order chi connectivity index (χ0) is 14.1. The van der Waals surface area contributed by atoms with Crippen LogP contribution in [-0.4, -0.2) is 16.9 Å². The highest BCUT2D eigenvalue weighted by molar-refractivity contribution is 7.11. The van der Waals surface area contributed by atoms with Crippen molar-refractivity contribution in [2.45, 2.75) is 53.1 Å². The van der Waals surface area contributed by atoms with E-state index in [1.165, 1.54) is 4.88 Å². The average Bonchev–Trinajstić information content (AvgIpc) is 2.58. The lowest BCUT2D eigenvalue weighted by molar-refractivity contribution is -0.126. The maximum absolute atomic E-state index is 12.1. The Hall–Kier alpha value is -0.940. The smallest absolute Gasteiger partial charge is 0.225 e. The van der Waals surface area contributed by atoms with E-state index in [-0.39, 0.29) is 17.9 Å². The molecule has 2 atom stereocenters. The van der Waals surface area contributed by atoms with E-state index in [9.17, 15) is 4.79 Å². The molecule has 1 rings (SSSR count). The first-order chi connectivity index (χ1) is 8.15. The predicted octanol–water partition coefficient (Wildman–Crippen LogP) is 2.09. The number of nitrogens with one attached hydrogen (secondary N) is 1. The number of thiazole rings is 1. The van der Waals surface area contributed by atoms with Crippen molar-refractivity contribution in [1.82, 2.24) is 10.3 Å². The van der Waals surface area contributed by atoms with Gasteiger partial charge >= 0.3 is 0 Å². The molecule has 0 bridgehead atoms. The molecule has 0 fully saturated rings. The molecule has 3 N–H and O–H groups in total. The Labute approximate surface area is 113 Å². The lowest BCUT2D eigenvalue weighted by atomic mass is 10.0. The highest BCUT2D eigenvalue weighted by Crippen LogP contribution is 2.27. The number of aromatic nitrogens is 1. The van der Waals surface area contributed by atoms with Gasteiger partial charge in [0.1, 0.15) is 5.01 Å². The number of nitrogens with zero attached hydrogens (tertiary/aromatic N) is 1. The fourth-order valence-electron chi connectivity index (χ4n) is 1.45. The zero-order valence-electron chi connectivity index (χ0n) is 12.0. The third kappa shape index (κ3) is 3.29. The van der Waals surface area contributed by atoms with Crippen LogP contribution in [-0.2, 0) is 10.3 Å². The van der Waals surface area contributed by atoms with Crippen LogP contribution in [0.5, 0.6) is 0 Å². The zero-order valence-corrected chi connectivity index (χ0v) is 12.8. The number of hydrogen-bond acceptors (Lipinski definition) is 4. The van der Waals surface area contributed by atoms with Crippen LogP contribution in [0, 0.1) is 19.8 Å². The van der Waals surface area contributed by atoms with Crippen molar-refractivity contribution >= 4 is 17.2 Å². The summed E-state index contributed by atoms with van der Waals surface area (Å²) in [4.78, 5) is 17.8. The lowest BCUT2D eigenvalue weighted by Crippen LogP contribution is -2.47. The molecule has 1 heterocycles. The number of hydrogen-bond donors (Lipinski definition) is 2. The summed E-state index contributed by atoms with van der Waals surface area (Å²) in [6.07, 6.45) is 0. The molecule has 0 saturated carbocycles. The summed E-state index contributed by atoms with van der Waals surface area (Å²) in [5, 5.41) is 3.96. The first-order valence-electron chi connectivity index (χ1n) is 6.17. The molecular weight excluding hydrogens is 246 g/mol.